The summed E-state index contributed by atoms with van der Waals surface area (Å²) in [5, 5.41) is 11.2. The second kappa shape index (κ2) is 6.12. The van der Waals surface area contributed by atoms with Crippen molar-refractivity contribution in [2.45, 2.75) is 18.9 Å². The predicted molar refractivity (Wildman–Crippen MR) is 30.6 cm³/mol. The van der Waals surface area contributed by atoms with Crippen molar-refractivity contribution >= 4 is 5.97 Å². The van der Waals surface area contributed by atoms with Crippen LogP contribution in [0.2, 0.25) is 0 Å². The van der Waals surface area contributed by atoms with Crippen LogP contribution in [0.3, 0.4) is 0 Å². The van der Waals surface area contributed by atoms with Crippen molar-refractivity contribution in [3.8, 4) is 0 Å². The van der Waals surface area contributed by atoms with Gasteiger partial charge in [-0.05, 0) is 19.4 Å². The molecule has 1 fully saturated rings. The Morgan fingerprint density at radius 1 is 1.60 bits per heavy atom. The fourth-order valence-corrected chi connectivity index (χ4v) is 0.895. The molecule has 0 aromatic rings. The first-order valence-electron chi connectivity index (χ1n) is 2.77. The zero-order chi connectivity index (χ0) is 5.98. The van der Waals surface area contributed by atoms with E-state index in [-0.39, 0.29) is 41.1 Å². The maximum absolute atomic E-state index is 10.1. The van der Waals surface area contributed by atoms with E-state index in [0.717, 1.165) is 19.4 Å². The molecule has 0 amide bonds. The largest absolute Gasteiger partial charge is 1.00 e. The van der Waals surface area contributed by atoms with E-state index >= 15 is 0 Å². The van der Waals surface area contributed by atoms with E-state index in [1.165, 1.54) is 0 Å². The van der Waals surface area contributed by atoms with Gasteiger partial charge in [0, 0.05) is 0 Å². The first kappa shape index (κ1) is 13.0. The first-order valence-corrected chi connectivity index (χ1v) is 2.77. The second-order valence-corrected chi connectivity index (χ2v) is 1.99. The molecule has 0 spiro atoms. The van der Waals surface area contributed by atoms with Gasteiger partial charge in [-0.2, -0.15) is 0 Å². The number of hydrogen-bond acceptors (Lipinski definition) is 3. The molecule has 1 rings (SSSR count). The van der Waals surface area contributed by atoms with Crippen LogP contribution in [0.5, 0.6) is 0 Å². The summed E-state index contributed by atoms with van der Waals surface area (Å²) in [7, 11) is 0. The molecule has 1 heterocycles. The summed E-state index contributed by atoms with van der Waals surface area (Å²) >= 11 is 0. The fourth-order valence-electron chi connectivity index (χ4n) is 0.895. The van der Waals surface area contributed by atoms with E-state index < -0.39 is 5.97 Å². The maximum atomic E-state index is 10.1. The first-order chi connectivity index (χ1) is 3.80. The number of hydrogen-bond donors (Lipinski definition) is 2. The van der Waals surface area contributed by atoms with Gasteiger partial charge in [0.1, 0.15) is 6.04 Å². The van der Waals surface area contributed by atoms with Crippen LogP contribution in [0.4, 0.5) is 0 Å². The fraction of sp³-hybridized carbons (Fsp3) is 0.800. The van der Waals surface area contributed by atoms with E-state index in [4.69, 9.17) is 5.11 Å². The number of aliphatic carboxylic acids is 1. The molecule has 1 saturated heterocycles. The third kappa shape index (κ3) is 3.53. The van der Waals surface area contributed by atoms with Crippen LogP contribution in [0.1, 0.15) is 12.8 Å². The minimum atomic E-state index is -0.720. The topological polar surface area (TPSA) is 79.3 Å². The molecule has 0 aromatic heterocycles. The quantitative estimate of drug-likeness (QED) is 0.388. The SMILES string of the molecule is O=C(O)[C@@H]1CCCN1.[Na+].[OH-]. The van der Waals surface area contributed by atoms with E-state index in [0.29, 0.717) is 0 Å². The Hall–Kier alpha value is 0.390. The van der Waals surface area contributed by atoms with Crippen LogP contribution in [0.25, 0.3) is 0 Å². The molecule has 3 N–H and O–H groups in total. The number of nitrogens with one attached hydrogen (secondary N) is 1. The average molecular weight is 155 g/mol. The van der Waals surface area contributed by atoms with Gasteiger partial charge in [0.25, 0.3) is 0 Å². The average Bonchev–Trinajstić information content (AvgIpc) is 2.12. The molecular formula is C5H10NNaO3. The normalized spacial score (nSPS) is 22.6. The van der Waals surface area contributed by atoms with Gasteiger partial charge >= 0.3 is 35.5 Å². The smallest absolute Gasteiger partial charge is 0.870 e. The van der Waals surface area contributed by atoms with Gasteiger partial charge in [-0.3, -0.25) is 4.79 Å². The summed E-state index contributed by atoms with van der Waals surface area (Å²) in [5.74, 6) is -0.720. The molecule has 54 valence electrons. The molecule has 0 aromatic carbocycles. The summed E-state index contributed by atoms with van der Waals surface area (Å²) in [6.07, 6.45) is 1.78. The van der Waals surface area contributed by atoms with E-state index in [9.17, 15) is 4.79 Å². The molecule has 1 aliphatic rings. The summed E-state index contributed by atoms with van der Waals surface area (Å²) in [4.78, 5) is 10.1. The summed E-state index contributed by atoms with van der Waals surface area (Å²) in [5.41, 5.74) is 0. The Morgan fingerprint density at radius 3 is 2.40 bits per heavy atom. The zero-order valence-corrected chi connectivity index (χ0v) is 8.00. The van der Waals surface area contributed by atoms with Crippen LogP contribution in [0, 0.1) is 0 Å². The van der Waals surface area contributed by atoms with Crippen molar-refractivity contribution in [3.63, 3.8) is 0 Å². The van der Waals surface area contributed by atoms with E-state index in [1.807, 2.05) is 0 Å². The Balaban J connectivity index is 0. The Bertz CT molecular complexity index is 103. The Morgan fingerprint density at radius 2 is 2.20 bits per heavy atom. The van der Waals surface area contributed by atoms with Crippen molar-refractivity contribution in [2.24, 2.45) is 0 Å². The van der Waals surface area contributed by atoms with Crippen molar-refractivity contribution in [2.75, 3.05) is 6.54 Å². The molecule has 0 radical (unpaired) electrons. The molecular weight excluding hydrogens is 145 g/mol. The van der Waals surface area contributed by atoms with Gasteiger partial charge in [0.15, 0.2) is 0 Å². The van der Waals surface area contributed by atoms with Gasteiger partial charge in [0.05, 0.1) is 0 Å². The summed E-state index contributed by atoms with van der Waals surface area (Å²) in [6, 6.07) is -0.269. The van der Waals surface area contributed by atoms with Crippen molar-refractivity contribution in [1.82, 2.24) is 5.32 Å². The third-order valence-electron chi connectivity index (χ3n) is 1.36. The molecule has 0 aliphatic carbocycles. The van der Waals surface area contributed by atoms with Crippen molar-refractivity contribution < 1.29 is 44.9 Å². The van der Waals surface area contributed by atoms with Crippen molar-refractivity contribution in [1.29, 1.82) is 0 Å². The molecule has 10 heavy (non-hydrogen) atoms. The van der Waals surface area contributed by atoms with Gasteiger partial charge in [-0.25, -0.2) is 0 Å². The molecule has 1 aliphatic heterocycles. The Kier molecular flexibility index (Phi) is 7.97. The van der Waals surface area contributed by atoms with E-state index in [2.05, 4.69) is 5.32 Å². The zero-order valence-electron chi connectivity index (χ0n) is 6.00. The summed E-state index contributed by atoms with van der Waals surface area (Å²) in [6.45, 7) is 0.858. The molecule has 4 nitrogen and oxygen atoms in total. The third-order valence-corrected chi connectivity index (χ3v) is 1.36. The minimum absolute atomic E-state index is 0. The molecule has 1 atom stereocenters. The molecule has 0 unspecified atom stereocenters. The summed E-state index contributed by atoms with van der Waals surface area (Å²) < 4.78 is 0. The second-order valence-electron chi connectivity index (χ2n) is 1.99. The predicted octanol–water partition coefficient (Wildman–Crippen LogP) is -3.35. The molecule has 0 bridgehead atoms. The van der Waals surface area contributed by atoms with Crippen LogP contribution >= 0.6 is 0 Å². The number of carbonyl (C=O) groups is 1. The van der Waals surface area contributed by atoms with Gasteiger partial charge < -0.3 is 15.9 Å². The standard InChI is InChI=1S/C5H9NO2.Na.H2O/c7-5(8)4-2-1-3-6-4;;/h4,6H,1-3H2,(H,7,8);;1H2/q;+1;/p-1/t4-;;/m0../s1. The monoisotopic (exact) mass is 155 g/mol. The van der Waals surface area contributed by atoms with Crippen molar-refractivity contribution in [3.05, 3.63) is 0 Å². The van der Waals surface area contributed by atoms with Crippen LogP contribution in [-0.2, 0) is 4.79 Å². The van der Waals surface area contributed by atoms with Gasteiger partial charge in [0.2, 0.25) is 0 Å². The van der Waals surface area contributed by atoms with E-state index in [1.54, 1.807) is 0 Å². The van der Waals surface area contributed by atoms with Gasteiger partial charge in [-0.15, -0.1) is 0 Å². The Labute approximate surface area is 81.6 Å². The van der Waals surface area contributed by atoms with Crippen LogP contribution in [0.15, 0.2) is 0 Å². The molecule has 5 heteroatoms. The number of carboxylic acids is 1. The van der Waals surface area contributed by atoms with Gasteiger partial charge in [-0.1, -0.05) is 0 Å². The number of carboxylic acid groups (broad SMARTS) is 1. The molecule has 0 saturated carbocycles. The van der Waals surface area contributed by atoms with Crippen LogP contribution in [-0.4, -0.2) is 29.1 Å². The van der Waals surface area contributed by atoms with Crippen LogP contribution < -0.4 is 34.9 Å². The maximum Gasteiger partial charge on any atom is 1.00 e. The minimum Gasteiger partial charge on any atom is -0.870 e. The number of rotatable bonds is 1.